The first-order valence-corrected chi connectivity index (χ1v) is 10.7. The quantitative estimate of drug-likeness (QED) is 0.0557. The molecule has 0 spiro atoms. The minimum atomic E-state index is -1.27. The van der Waals surface area contributed by atoms with Crippen molar-refractivity contribution < 1.29 is 24.3 Å². The van der Waals surface area contributed by atoms with Crippen molar-refractivity contribution in [3.63, 3.8) is 0 Å². The summed E-state index contributed by atoms with van der Waals surface area (Å²) in [5, 5.41) is 16.4. The fourth-order valence-corrected chi connectivity index (χ4v) is 2.89. The van der Waals surface area contributed by atoms with Crippen LogP contribution in [0.25, 0.3) is 0 Å². The number of carboxylic acid groups (broad SMARTS) is 1. The van der Waals surface area contributed by atoms with E-state index in [0.29, 0.717) is 12.1 Å². The number of nitrogens with one attached hydrogen (secondary N) is 4. The SMILES string of the molecule is CC(NC(=O)C(N)Cc1cnc[nH]1)C(=O)NC(CCCN=C(N)N)C(=O)NC(CS)C(=O)O. The third-order valence-corrected chi connectivity index (χ3v) is 4.82. The number of nitrogens with two attached hydrogens (primary N) is 3. The van der Waals surface area contributed by atoms with Gasteiger partial charge in [0.05, 0.1) is 12.4 Å². The zero-order chi connectivity index (χ0) is 25.0. The van der Waals surface area contributed by atoms with Crippen LogP contribution < -0.4 is 33.2 Å². The summed E-state index contributed by atoms with van der Waals surface area (Å²) in [5.41, 5.74) is 17.1. The summed E-state index contributed by atoms with van der Waals surface area (Å²) in [6.45, 7) is 1.63. The van der Waals surface area contributed by atoms with Gasteiger partial charge in [-0.1, -0.05) is 0 Å². The topological polar surface area (TPSA) is 244 Å². The summed E-state index contributed by atoms with van der Waals surface area (Å²) < 4.78 is 0. The van der Waals surface area contributed by atoms with E-state index >= 15 is 0 Å². The number of rotatable bonds is 14. The van der Waals surface area contributed by atoms with Gasteiger partial charge < -0.3 is 43.2 Å². The van der Waals surface area contributed by atoms with Gasteiger partial charge in [-0.3, -0.25) is 19.4 Å². The van der Waals surface area contributed by atoms with Crippen LogP contribution in [0.15, 0.2) is 17.5 Å². The van der Waals surface area contributed by atoms with E-state index in [0.717, 1.165) is 0 Å². The molecule has 0 aliphatic carbocycles. The number of carbonyl (C=O) groups excluding carboxylic acids is 3. The number of imidazole rings is 1. The Morgan fingerprint density at radius 1 is 1.15 bits per heavy atom. The van der Waals surface area contributed by atoms with Crippen LogP contribution >= 0.6 is 12.6 Å². The highest BCUT2D eigenvalue weighted by molar-refractivity contribution is 7.80. The van der Waals surface area contributed by atoms with E-state index < -0.39 is 47.9 Å². The monoisotopic (exact) mass is 485 g/mol. The lowest BCUT2D eigenvalue weighted by atomic mass is 10.1. The molecule has 33 heavy (non-hydrogen) atoms. The van der Waals surface area contributed by atoms with Gasteiger partial charge in [-0.05, 0) is 19.8 Å². The molecule has 4 unspecified atom stereocenters. The molecular formula is C18H31N9O5S. The van der Waals surface area contributed by atoms with E-state index in [1.807, 2.05) is 0 Å². The molecular weight excluding hydrogens is 454 g/mol. The van der Waals surface area contributed by atoms with Gasteiger partial charge >= 0.3 is 5.97 Å². The van der Waals surface area contributed by atoms with Gasteiger partial charge in [-0.15, -0.1) is 0 Å². The number of hydrogen-bond acceptors (Lipinski definition) is 8. The summed E-state index contributed by atoms with van der Waals surface area (Å²) in [4.78, 5) is 59.2. The first-order chi connectivity index (χ1) is 15.5. The molecule has 0 aromatic carbocycles. The summed E-state index contributed by atoms with van der Waals surface area (Å²) in [7, 11) is 0. The molecule has 1 aromatic rings. The molecule has 1 rings (SSSR count). The Labute approximate surface area is 195 Å². The van der Waals surface area contributed by atoms with Gasteiger partial charge in [-0.2, -0.15) is 12.6 Å². The van der Waals surface area contributed by atoms with Crippen LogP contribution in [-0.2, 0) is 25.6 Å². The highest BCUT2D eigenvalue weighted by Crippen LogP contribution is 2.02. The van der Waals surface area contributed by atoms with Crippen LogP contribution in [0.5, 0.6) is 0 Å². The largest absolute Gasteiger partial charge is 0.480 e. The number of H-pyrrole nitrogens is 1. The Morgan fingerprint density at radius 2 is 1.82 bits per heavy atom. The van der Waals surface area contributed by atoms with E-state index in [1.54, 1.807) is 0 Å². The summed E-state index contributed by atoms with van der Waals surface area (Å²) in [6, 6.07) is -4.27. The van der Waals surface area contributed by atoms with Crippen LogP contribution in [0.3, 0.4) is 0 Å². The number of carboxylic acids is 1. The van der Waals surface area contributed by atoms with E-state index in [4.69, 9.17) is 22.3 Å². The first kappa shape index (κ1) is 27.7. The van der Waals surface area contributed by atoms with Crippen molar-refractivity contribution in [2.24, 2.45) is 22.2 Å². The fourth-order valence-electron chi connectivity index (χ4n) is 2.64. The molecule has 184 valence electrons. The molecule has 0 bridgehead atoms. The van der Waals surface area contributed by atoms with Crippen LogP contribution in [-0.4, -0.2) is 81.2 Å². The van der Waals surface area contributed by atoms with Gasteiger partial charge in [-0.25, -0.2) is 9.78 Å². The van der Waals surface area contributed by atoms with Crippen LogP contribution in [0.1, 0.15) is 25.5 Å². The number of hydrogen-bond donors (Lipinski definition) is 9. The minimum Gasteiger partial charge on any atom is -0.480 e. The molecule has 0 aliphatic rings. The first-order valence-electron chi connectivity index (χ1n) is 10.1. The number of amides is 3. The number of aromatic nitrogens is 2. The van der Waals surface area contributed by atoms with Crippen molar-refractivity contribution in [2.75, 3.05) is 12.3 Å². The predicted molar refractivity (Wildman–Crippen MR) is 123 cm³/mol. The van der Waals surface area contributed by atoms with Gasteiger partial charge in [0.15, 0.2) is 5.96 Å². The molecule has 15 heteroatoms. The second-order valence-electron chi connectivity index (χ2n) is 7.21. The molecule has 1 heterocycles. The molecule has 0 fully saturated rings. The minimum absolute atomic E-state index is 0.118. The summed E-state index contributed by atoms with van der Waals surface area (Å²) in [5.74, 6) is -3.47. The van der Waals surface area contributed by atoms with Gasteiger partial charge in [0.2, 0.25) is 17.7 Å². The Morgan fingerprint density at radius 3 is 2.36 bits per heavy atom. The van der Waals surface area contributed by atoms with Crippen molar-refractivity contribution >= 4 is 42.3 Å². The lowest BCUT2D eigenvalue weighted by Crippen LogP contribution is -2.56. The van der Waals surface area contributed by atoms with Gasteiger partial charge in [0, 0.05) is 30.6 Å². The van der Waals surface area contributed by atoms with E-state index in [1.165, 1.54) is 19.4 Å². The number of thiol groups is 1. The van der Waals surface area contributed by atoms with E-state index in [2.05, 4.69) is 43.5 Å². The smallest absolute Gasteiger partial charge is 0.327 e. The summed E-state index contributed by atoms with van der Waals surface area (Å²) in [6.07, 6.45) is 3.62. The average Bonchev–Trinajstić information content (AvgIpc) is 3.26. The predicted octanol–water partition coefficient (Wildman–Crippen LogP) is -3.18. The third kappa shape index (κ3) is 10.2. The van der Waals surface area contributed by atoms with Crippen LogP contribution in [0.4, 0.5) is 0 Å². The van der Waals surface area contributed by atoms with Gasteiger partial charge in [0.1, 0.15) is 18.1 Å². The third-order valence-electron chi connectivity index (χ3n) is 4.46. The van der Waals surface area contributed by atoms with E-state index in [9.17, 15) is 19.2 Å². The number of aromatic amines is 1. The summed E-state index contributed by atoms with van der Waals surface area (Å²) >= 11 is 3.90. The second-order valence-corrected chi connectivity index (χ2v) is 7.57. The molecule has 11 N–H and O–H groups in total. The molecule has 0 aliphatic heterocycles. The number of aliphatic imine (C=N–C) groups is 1. The zero-order valence-corrected chi connectivity index (χ0v) is 19.0. The Kier molecular flexibility index (Phi) is 11.7. The molecule has 0 radical (unpaired) electrons. The Hall–Kier alpha value is -3.33. The Bertz CT molecular complexity index is 829. The number of aliphatic carboxylic acids is 1. The van der Waals surface area contributed by atoms with Gasteiger partial charge in [0.25, 0.3) is 0 Å². The van der Waals surface area contributed by atoms with Crippen molar-refractivity contribution in [1.29, 1.82) is 0 Å². The molecule has 1 aromatic heterocycles. The maximum absolute atomic E-state index is 12.6. The molecule has 14 nitrogen and oxygen atoms in total. The highest BCUT2D eigenvalue weighted by atomic mass is 32.1. The zero-order valence-electron chi connectivity index (χ0n) is 18.2. The maximum atomic E-state index is 12.6. The van der Waals surface area contributed by atoms with Crippen LogP contribution in [0, 0.1) is 0 Å². The average molecular weight is 486 g/mol. The normalized spacial score (nSPS) is 14.3. The molecule has 0 saturated carbocycles. The Balaban J connectivity index is 2.74. The second kappa shape index (κ2) is 13.9. The van der Waals surface area contributed by atoms with Crippen molar-refractivity contribution in [2.45, 2.75) is 50.4 Å². The molecule has 4 atom stereocenters. The number of guanidine groups is 1. The maximum Gasteiger partial charge on any atom is 0.327 e. The molecule has 3 amide bonds. The number of carbonyl (C=O) groups is 4. The fraction of sp³-hybridized carbons (Fsp3) is 0.556. The number of nitrogens with zero attached hydrogens (tertiary/aromatic N) is 2. The van der Waals surface area contributed by atoms with E-state index in [-0.39, 0.29) is 31.1 Å². The van der Waals surface area contributed by atoms with Crippen molar-refractivity contribution in [1.82, 2.24) is 25.9 Å². The van der Waals surface area contributed by atoms with Crippen molar-refractivity contribution in [3.05, 3.63) is 18.2 Å². The highest BCUT2D eigenvalue weighted by Gasteiger charge is 2.28. The lowest BCUT2D eigenvalue weighted by Gasteiger charge is -2.23. The molecule has 0 saturated heterocycles. The standard InChI is InChI=1S/C18H31N9O5S/c1-9(25-15(29)11(19)5-10-6-22-8-24-10)14(28)26-12(3-2-4-23-18(20)21)16(30)27-13(7-33)17(31)32/h6,8-9,11-13,33H,2-5,7,19H2,1H3,(H,22,24)(H,25,29)(H,26,28)(H,27,30)(H,31,32)(H4,20,21,23). The van der Waals surface area contributed by atoms with Crippen LogP contribution in [0.2, 0.25) is 0 Å². The van der Waals surface area contributed by atoms with Crippen molar-refractivity contribution in [3.8, 4) is 0 Å². The lowest BCUT2D eigenvalue weighted by molar-refractivity contribution is -0.141.